The summed E-state index contributed by atoms with van der Waals surface area (Å²) in [6.45, 7) is 0.425. The second-order valence-electron chi connectivity index (χ2n) is 6.52. The van der Waals surface area contributed by atoms with Gasteiger partial charge >= 0.3 is 0 Å². The molecule has 0 fully saturated rings. The lowest BCUT2D eigenvalue weighted by atomic mass is 10.1. The number of nitrogens with one attached hydrogen (secondary N) is 1. The van der Waals surface area contributed by atoms with Crippen molar-refractivity contribution in [3.05, 3.63) is 30.1 Å². The maximum atomic E-state index is 7.81. The third-order valence-electron chi connectivity index (χ3n) is 4.44. The van der Waals surface area contributed by atoms with Crippen LogP contribution in [-0.2, 0) is 26.4 Å². The average Bonchev–Trinajstić information content (AvgIpc) is 3.07. The minimum absolute atomic E-state index is 0.425. The molecule has 0 aliphatic heterocycles. The smallest absolute Gasteiger partial charge is 0.107 e. The molecule has 1 aromatic carbocycles. The number of fused-ring (bicyclic) bond motifs is 1. The highest BCUT2D eigenvalue weighted by Crippen LogP contribution is 2.14. The van der Waals surface area contributed by atoms with E-state index in [-0.39, 0.29) is 0 Å². The molecule has 26 heavy (non-hydrogen) atoms. The summed E-state index contributed by atoms with van der Waals surface area (Å²) in [6.07, 6.45) is 13.2. The van der Waals surface area contributed by atoms with Gasteiger partial charge in [-0.15, -0.1) is 0 Å². The molecule has 2 rings (SSSR count). The molecule has 0 aliphatic carbocycles. The number of aromatic nitrogens is 2. The second-order valence-corrected chi connectivity index (χ2v) is 6.52. The van der Waals surface area contributed by atoms with Crippen LogP contribution in [0.15, 0.2) is 24.3 Å². The monoisotopic (exact) mass is 366 g/mol. The van der Waals surface area contributed by atoms with Crippen LogP contribution in [0.25, 0.3) is 11.0 Å². The van der Waals surface area contributed by atoms with E-state index < -0.39 is 0 Å². The van der Waals surface area contributed by atoms with E-state index in [1.807, 2.05) is 12.1 Å². The summed E-state index contributed by atoms with van der Waals surface area (Å²) in [6, 6.07) is 8.19. The molecule has 0 radical (unpaired) electrons. The van der Waals surface area contributed by atoms with Crippen LogP contribution in [0.5, 0.6) is 0 Å². The number of hydrogen-bond donors (Lipinski definition) is 2. The maximum Gasteiger partial charge on any atom is 0.107 e. The van der Waals surface area contributed by atoms with Crippen molar-refractivity contribution < 1.29 is 25.3 Å². The molecule has 1 heterocycles. The molecule has 7 nitrogen and oxygen atoms in total. The minimum atomic E-state index is 0.425. The Hall–Kier alpha value is -1.51. The number of para-hydroxylation sites is 2. The van der Waals surface area contributed by atoms with Crippen molar-refractivity contribution >= 4 is 11.0 Å². The van der Waals surface area contributed by atoms with Crippen molar-refractivity contribution in [3.63, 3.8) is 0 Å². The number of aromatic amines is 1. The standard InChI is InChI=1S/C19H30N2O5/c22-24-26-25-23-16-12-8-6-4-2-1-3-5-7-9-15-19-20-17-13-10-11-14-18(17)21-19/h10-11,13-14,22H,1-9,12,15-16H2,(H,20,21). The molecule has 0 amide bonds. The molecule has 1 aromatic heterocycles. The molecule has 7 heteroatoms. The van der Waals surface area contributed by atoms with Crippen LogP contribution in [0.3, 0.4) is 0 Å². The lowest BCUT2D eigenvalue weighted by Crippen LogP contribution is -1.97. The van der Waals surface area contributed by atoms with Crippen LogP contribution < -0.4 is 0 Å². The van der Waals surface area contributed by atoms with Crippen molar-refractivity contribution in [3.8, 4) is 0 Å². The zero-order valence-electron chi connectivity index (χ0n) is 15.3. The van der Waals surface area contributed by atoms with E-state index in [4.69, 9.17) is 5.26 Å². The number of nitrogens with zero attached hydrogens (tertiary/aromatic N) is 1. The first kappa shape index (κ1) is 20.8. The molecule has 0 atom stereocenters. The molecule has 2 aromatic rings. The fraction of sp³-hybridized carbons (Fsp3) is 0.632. The molecule has 2 N–H and O–H groups in total. The zero-order chi connectivity index (χ0) is 18.3. The highest BCUT2D eigenvalue weighted by atomic mass is 17.8. The van der Waals surface area contributed by atoms with Crippen LogP contribution >= 0.6 is 0 Å². The summed E-state index contributed by atoms with van der Waals surface area (Å²) in [5.74, 6) is 1.11. The van der Waals surface area contributed by atoms with Crippen LogP contribution in [0.2, 0.25) is 0 Å². The van der Waals surface area contributed by atoms with Crippen molar-refractivity contribution in [2.24, 2.45) is 0 Å². The molecule has 0 aliphatic rings. The molecule has 0 saturated heterocycles. The highest BCUT2D eigenvalue weighted by molar-refractivity contribution is 5.74. The van der Waals surface area contributed by atoms with Crippen LogP contribution in [-0.4, -0.2) is 21.8 Å². The normalized spacial score (nSPS) is 11.4. The Bertz CT molecular complexity index is 557. The van der Waals surface area contributed by atoms with Crippen molar-refractivity contribution in [2.45, 2.75) is 70.6 Å². The number of benzene rings is 1. The van der Waals surface area contributed by atoms with Crippen molar-refractivity contribution in [2.75, 3.05) is 6.61 Å². The number of hydrogen-bond acceptors (Lipinski definition) is 6. The summed E-state index contributed by atoms with van der Waals surface area (Å²) in [4.78, 5) is 12.6. The first-order chi connectivity index (χ1) is 12.9. The summed E-state index contributed by atoms with van der Waals surface area (Å²) in [7, 11) is 0. The fourth-order valence-electron chi connectivity index (χ4n) is 3.06. The van der Waals surface area contributed by atoms with Gasteiger partial charge in [-0.25, -0.2) is 15.1 Å². The summed E-state index contributed by atoms with van der Waals surface area (Å²) in [5, 5.41) is 18.8. The lowest BCUT2D eigenvalue weighted by molar-refractivity contribution is -0.702. The van der Waals surface area contributed by atoms with Crippen LogP contribution in [0, 0.1) is 0 Å². The largest absolute Gasteiger partial charge is 0.342 e. The first-order valence-electron chi connectivity index (χ1n) is 9.60. The van der Waals surface area contributed by atoms with E-state index >= 15 is 0 Å². The quantitative estimate of drug-likeness (QED) is 0.238. The average molecular weight is 366 g/mol. The third kappa shape index (κ3) is 8.73. The Morgan fingerprint density at radius 2 is 1.46 bits per heavy atom. The van der Waals surface area contributed by atoms with Crippen LogP contribution in [0.1, 0.15) is 70.0 Å². The predicted molar refractivity (Wildman–Crippen MR) is 97.8 cm³/mol. The van der Waals surface area contributed by atoms with Crippen molar-refractivity contribution in [1.82, 2.24) is 9.97 Å². The summed E-state index contributed by atoms with van der Waals surface area (Å²) in [5.41, 5.74) is 2.20. The minimum Gasteiger partial charge on any atom is -0.342 e. The number of rotatable bonds is 16. The molecule has 0 unspecified atom stereocenters. The molecular formula is C19H30N2O5. The Kier molecular flexibility index (Phi) is 10.9. The summed E-state index contributed by atoms with van der Waals surface area (Å²) >= 11 is 0. The Morgan fingerprint density at radius 1 is 0.808 bits per heavy atom. The van der Waals surface area contributed by atoms with Gasteiger partial charge in [-0.3, -0.25) is 0 Å². The van der Waals surface area contributed by atoms with E-state index in [0.717, 1.165) is 36.1 Å². The van der Waals surface area contributed by atoms with Gasteiger partial charge in [-0.1, -0.05) is 63.5 Å². The van der Waals surface area contributed by atoms with Gasteiger partial charge in [0.1, 0.15) is 5.82 Å². The van der Waals surface area contributed by atoms with Crippen LogP contribution in [0.4, 0.5) is 0 Å². The van der Waals surface area contributed by atoms with Gasteiger partial charge in [0.05, 0.1) is 17.6 Å². The molecule has 0 saturated carbocycles. The van der Waals surface area contributed by atoms with Gasteiger partial charge in [0.25, 0.3) is 0 Å². The van der Waals surface area contributed by atoms with E-state index in [1.165, 1.54) is 51.4 Å². The van der Waals surface area contributed by atoms with E-state index in [0.29, 0.717) is 6.61 Å². The summed E-state index contributed by atoms with van der Waals surface area (Å²) < 4.78 is 0. The van der Waals surface area contributed by atoms with Gasteiger partial charge in [-0.05, 0) is 40.1 Å². The Morgan fingerprint density at radius 3 is 2.15 bits per heavy atom. The second kappa shape index (κ2) is 13.7. The van der Waals surface area contributed by atoms with Gasteiger partial charge in [0.15, 0.2) is 0 Å². The zero-order valence-corrected chi connectivity index (χ0v) is 15.3. The van der Waals surface area contributed by atoms with E-state index in [9.17, 15) is 0 Å². The van der Waals surface area contributed by atoms with Gasteiger partial charge in [0, 0.05) is 6.42 Å². The number of unbranched alkanes of at least 4 members (excludes halogenated alkanes) is 9. The van der Waals surface area contributed by atoms with E-state index in [2.05, 4.69) is 42.1 Å². The fourth-order valence-corrected chi connectivity index (χ4v) is 3.06. The molecule has 0 bridgehead atoms. The SMILES string of the molecule is OOOOOCCCCCCCCCCCCc1nc2ccccc2[nH]1. The predicted octanol–water partition coefficient (Wildman–Crippen LogP) is 5.29. The van der Waals surface area contributed by atoms with Gasteiger partial charge < -0.3 is 4.98 Å². The topological polar surface area (TPSA) is 85.8 Å². The van der Waals surface area contributed by atoms with Gasteiger partial charge in [0.2, 0.25) is 0 Å². The molecule has 0 spiro atoms. The molecule has 146 valence electrons. The Balaban J connectivity index is 1.34. The lowest BCUT2D eigenvalue weighted by Gasteiger charge is -2.03. The third-order valence-corrected chi connectivity index (χ3v) is 4.44. The Labute approximate surface area is 154 Å². The number of aryl methyl sites for hydroxylation is 1. The number of H-pyrrole nitrogens is 1. The van der Waals surface area contributed by atoms with Gasteiger partial charge in [-0.2, -0.15) is 0 Å². The first-order valence-corrected chi connectivity index (χ1v) is 9.60. The van der Waals surface area contributed by atoms with Crippen molar-refractivity contribution in [1.29, 1.82) is 0 Å². The highest BCUT2D eigenvalue weighted by Gasteiger charge is 2.01. The molecular weight excluding hydrogens is 336 g/mol. The van der Waals surface area contributed by atoms with E-state index in [1.54, 1.807) is 0 Å². The number of imidazole rings is 1. The maximum absolute atomic E-state index is 7.81.